The molecule has 0 saturated heterocycles. The molecule has 1 aromatic carbocycles. The van der Waals surface area contributed by atoms with E-state index in [4.69, 9.17) is 4.18 Å². The molecule has 0 atom stereocenters. The molecular formula is C17H30CaO3S. The van der Waals surface area contributed by atoms with Crippen molar-refractivity contribution in [3.05, 3.63) is 30.3 Å². The van der Waals surface area contributed by atoms with Crippen molar-refractivity contribution in [2.24, 2.45) is 0 Å². The van der Waals surface area contributed by atoms with E-state index < -0.39 is 10.1 Å². The molecule has 0 radical (unpaired) electrons. The van der Waals surface area contributed by atoms with E-state index in [9.17, 15) is 8.42 Å². The van der Waals surface area contributed by atoms with Crippen LogP contribution in [-0.4, -0.2) is 51.9 Å². The minimum atomic E-state index is -3.44. The number of hydrogen-bond donors (Lipinski definition) is 0. The maximum atomic E-state index is 11.8. The van der Waals surface area contributed by atoms with Gasteiger partial charge in [0.15, 0.2) is 0 Å². The first-order valence-electron chi connectivity index (χ1n) is 8.11. The zero-order chi connectivity index (χ0) is 15.4. The van der Waals surface area contributed by atoms with Gasteiger partial charge in [-0.15, -0.1) is 0 Å². The van der Waals surface area contributed by atoms with Gasteiger partial charge in [0, 0.05) is 0 Å². The largest absolute Gasteiger partial charge is 2.00 e. The van der Waals surface area contributed by atoms with Gasteiger partial charge in [-0.1, -0.05) is 76.5 Å². The van der Waals surface area contributed by atoms with Gasteiger partial charge in [-0.3, -0.25) is 0 Å². The molecule has 0 aromatic heterocycles. The second kappa shape index (κ2) is 13.6. The third-order valence-electron chi connectivity index (χ3n) is 3.46. The normalized spacial score (nSPS) is 11.0. The van der Waals surface area contributed by atoms with Crippen LogP contribution in [0.3, 0.4) is 0 Å². The van der Waals surface area contributed by atoms with Crippen LogP contribution in [0.15, 0.2) is 30.3 Å². The number of unbranched alkanes of at least 4 members (excludes halogenated alkanes) is 8. The minimum absolute atomic E-state index is 0. The first kappa shape index (κ1) is 22.2. The summed E-state index contributed by atoms with van der Waals surface area (Å²) in [5, 5.41) is 0. The van der Waals surface area contributed by atoms with Gasteiger partial charge in [-0.25, -0.2) is 0 Å². The Labute approximate surface area is 168 Å². The molecular weight excluding hydrogens is 324 g/mol. The predicted molar refractivity (Wildman–Crippen MR) is 96.1 cm³/mol. The molecule has 0 heterocycles. The van der Waals surface area contributed by atoms with E-state index >= 15 is 0 Å². The van der Waals surface area contributed by atoms with E-state index in [1.807, 2.05) is 6.07 Å². The van der Waals surface area contributed by atoms with Crippen LogP contribution in [0.4, 0.5) is 0 Å². The summed E-state index contributed by atoms with van der Waals surface area (Å²) in [7, 11) is -3.44. The molecule has 22 heavy (non-hydrogen) atoms. The molecule has 0 fully saturated rings. The molecule has 3 nitrogen and oxygen atoms in total. The average molecular weight is 355 g/mol. The van der Waals surface area contributed by atoms with Crippen LogP contribution in [-0.2, 0) is 10.1 Å². The van der Waals surface area contributed by atoms with Crippen LogP contribution in [0.2, 0.25) is 0 Å². The molecule has 1 aromatic rings. The average Bonchev–Trinajstić information content (AvgIpc) is 2.46. The second-order valence-electron chi connectivity index (χ2n) is 5.49. The number of hydrogen-bond acceptors (Lipinski definition) is 3. The van der Waals surface area contributed by atoms with Crippen LogP contribution in [0.5, 0.6) is 5.75 Å². The monoisotopic (exact) mass is 354 g/mol. The Morgan fingerprint density at radius 2 is 1.36 bits per heavy atom. The Hall–Kier alpha value is 0.230. The van der Waals surface area contributed by atoms with Crippen molar-refractivity contribution >= 4 is 47.9 Å². The van der Waals surface area contributed by atoms with E-state index in [0.717, 1.165) is 12.8 Å². The topological polar surface area (TPSA) is 43.4 Å². The molecule has 0 bridgehead atoms. The third kappa shape index (κ3) is 11.8. The van der Waals surface area contributed by atoms with Gasteiger partial charge in [-0.05, 0) is 18.6 Å². The Bertz CT molecular complexity index is 470. The molecule has 0 unspecified atom stereocenters. The first-order valence-corrected chi connectivity index (χ1v) is 9.69. The molecule has 0 aliphatic heterocycles. The molecule has 124 valence electrons. The maximum Gasteiger partial charge on any atom is 2.00 e. The zero-order valence-corrected chi connectivity index (χ0v) is 16.8. The Balaban J connectivity index is -0.00000147. The van der Waals surface area contributed by atoms with Gasteiger partial charge in [-0.2, -0.15) is 8.42 Å². The fourth-order valence-electron chi connectivity index (χ4n) is 2.25. The fraction of sp³-hybridized carbons (Fsp3) is 0.647. The van der Waals surface area contributed by atoms with Gasteiger partial charge < -0.3 is 7.04 Å². The quantitative estimate of drug-likeness (QED) is 0.308. The summed E-state index contributed by atoms with van der Waals surface area (Å²) in [5.41, 5.74) is 0. The number of rotatable bonds is 12. The summed E-state index contributed by atoms with van der Waals surface area (Å²) in [5.74, 6) is 0.506. The second-order valence-corrected chi connectivity index (χ2v) is 7.18. The SMILES string of the molecule is CCCCCCCCCCCS(=O)(=O)Oc1ccccc1.[Ca+2].[H-].[H-]. The first-order chi connectivity index (χ1) is 10.1. The molecule has 0 saturated carbocycles. The smallest absolute Gasteiger partial charge is 1.00 e. The van der Waals surface area contributed by atoms with Crippen LogP contribution in [0, 0.1) is 0 Å². The predicted octanol–water partition coefficient (Wildman–Crippen LogP) is 4.77. The van der Waals surface area contributed by atoms with Gasteiger partial charge in [0.1, 0.15) is 5.75 Å². The van der Waals surface area contributed by atoms with Gasteiger partial charge in [0.05, 0.1) is 5.75 Å². The van der Waals surface area contributed by atoms with Crippen molar-refractivity contribution in [3.63, 3.8) is 0 Å². The fourth-order valence-corrected chi connectivity index (χ4v) is 3.30. The molecule has 5 heteroatoms. The molecule has 0 amide bonds. The summed E-state index contributed by atoms with van der Waals surface area (Å²) in [4.78, 5) is 0. The summed E-state index contributed by atoms with van der Waals surface area (Å²) in [6.45, 7) is 2.22. The minimum Gasteiger partial charge on any atom is -1.00 e. The Morgan fingerprint density at radius 1 is 0.864 bits per heavy atom. The van der Waals surface area contributed by atoms with Crippen LogP contribution in [0.25, 0.3) is 0 Å². The molecule has 1 rings (SSSR count). The standard InChI is InChI=1S/C17H28O3S.Ca.2H/c1-2-3-4-5-6-7-8-9-13-16-21(18,19)20-17-14-11-10-12-15-17;;;/h10-12,14-15H,2-9,13,16H2,1H3;;;/q;+2;2*-1. The Kier molecular flexibility index (Phi) is 13.8. The van der Waals surface area contributed by atoms with E-state index in [2.05, 4.69) is 6.92 Å². The molecule has 0 N–H and O–H groups in total. The number of para-hydroxylation sites is 1. The van der Waals surface area contributed by atoms with Crippen LogP contribution in [0.1, 0.15) is 67.6 Å². The summed E-state index contributed by atoms with van der Waals surface area (Å²) in [6, 6.07) is 8.69. The van der Waals surface area contributed by atoms with E-state index in [0.29, 0.717) is 12.2 Å². The zero-order valence-electron chi connectivity index (χ0n) is 15.8. The summed E-state index contributed by atoms with van der Waals surface area (Å²) >= 11 is 0. The van der Waals surface area contributed by atoms with Gasteiger partial charge in [0.25, 0.3) is 0 Å². The molecule has 0 aliphatic carbocycles. The van der Waals surface area contributed by atoms with Crippen LogP contribution >= 0.6 is 0 Å². The van der Waals surface area contributed by atoms with Crippen molar-refractivity contribution in [3.8, 4) is 5.75 Å². The molecule has 0 aliphatic rings. The van der Waals surface area contributed by atoms with E-state index in [1.54, 1.807) is 24.3 Å². The maximum absolute atomic E-state index is 11.8. The van der Waals surface area contributed by atoms with Crippen molar-refractivity contribution in [2.75, 3.05) is 5.75 Å². The van der Waals surface area contributed by atoms with Gasteiger partial charge in [0.2, 0.25) is 0 Å². The summed E-state index contributed by atoms with van der Waals surface area (Å²) < 4.78 is 28.6. The third-order valence-corrected chi connectivity index (χ3v) is 4.70. The van der Waals surface area contributed by atoms with E-state index in [1.165, 1.54) is 38.5 Å². The van der Waals surface area contributed by atoms with Crippen molar-refractivity contribution < 1.29 is 15.5 Å². The Morgan fingerprint density at radius 3 is 1.91 bits per heavy atom. The van der Waals surface area contributed by atoms with Crippen molar-refractivity contribution in [1.29, 1.82) is 0 Å². The van der Waals surface area contributed by atoms with E-state index in [-0.39, 0.29) is 46.3 Å². The van der Waals surface area contributed by atoms with Crippen LogP contribution < -0.4 is 4.18 Å². The van der Waals surface area contributed by atoms with Crippen molar-refractivity contribution in [1.82, 2.24) is 0 Å². The van der Waals surface area contributed by atoms with Crippen molar-refractivity contribution in [2.45, 2.75) is 64.7 Å². The van der Waals surface area contributed by atoms with Gasteiger partial charge >= 0.3 is 47.9 Å². The molecule has 0 spiro atoms. The number of benzene rings is 1. The summed E-state index contributed by atoms with van der Waals surface area (Å²) in [6.07, 6.45) is 10.5.